The lowest BCUT2D eigenvalue weighted by Crippen LogP contribution is -2.19. The summed E-state index contributed by atoms with van der Waals surface area (Å²) in [6.07, 6.45) is 9.65. The van der Waals surface area contributed by atoms with E-state index in [4.69, 9.17) is 0 Å². The van der Waals surface area contributed by atoms with Gasteiger partial charge < -0.3 is 10.6 Å². The molecule has 1 aliphatic rings. The molecule has 0 radical (unpaired) electrons. The van der Waals surface area contributed by atoms with Gasteiger partial charge in [0.1, 0.15) is 5.82 Å². The van der Waals surface area contributed by atoms with Crippen LogP contribution in [0.1, 0.15) is 44.1 Å². The van der Waals surface area contributed by atoms with E-state index in [2.05, 4.69) is 39.7 Å². The van der Waals surface area contributed by atoms with Gasteiger partial charge in [0.15, 0.2) is 0 Å². The first-order valence-corrected chi connectivity index (χ1v) is 8.23. The minimum atomic E-state index is 0.546. The summed E-state index contributed by atoms with van der Waals surface area (Å²) in [5.74, 6) is 1.55. The van der Waals surface area contributed by atoms with Crippen LogP contribution < -0.4 is 10.6 Å². The van der Waals surface area contributed by atoms with Crippen LogP contribution in [0.4, 0.5) is 17.5 Å². The maximum atomic E-state index is 4.58. The van der Waals surface area contributed by atoms with Gasteiger partial charge in [-0.2, -0.15) is 4.98 Å². The summed E-state index contributed by atoms with van der Waals surface area (Å²) >= 11 is 0. The number of benzene rings is 1. The molecular weight excluding hydrogens is 272 g/mol. The molecular formula is C18H24N4. The van der Waals surface area contributed by atoms with Crippen LogP contribution in [0.15, 0.2) is 36.5 Å². The van der Waals surface area contributed by atoms with E-state index in [1.807, 2.05) is 24.4 Å². The fourth-order valence-electron chi connectivity index (χ4n) is 2.90. The summed E-state index contributed by atoms with van der Waals surface area (Å²) in [5.41, 5.74) is 2.26. The first kappa shape index (κ1) is 14.8. The summed E-state index contributed by atoms with van der Waals surface area (Å²) in [6.45, 7) is 2.08. The van der Waals surface area contributed by atoms with Crippen molar-refractivity contribution < 1.29 is 0 Å². The molecule has 0 saturated heterocycles. The van der Waals surface area contributed by atoms with Gasteiger partial charge in [-0.3, -0.25) is 0 Å². The van der Waals surface area contributed by atoms with Crippen molar-refractivity contribution in [3.8, 4) is 0 Å². The molecule has 2 N–H and O–H groups in total. The zero-order valence-corrected chi connectivity index (χ0v) is 13.2. The van der Waals surface area contributed by atoms with Crippen LogP contribution in [-0.4, -0.2) is 16.0 Å². The highest BCUT2D eigenvalue weighted by molar-refractivity contribution is 5.55. The predicted molar refractivity (Wildman–Crippen MR) is 91.6 cm³/mol. The minimum absolute atomic E-state index is 0.546. The molecule has 4 heteroatoms. The molecule has 1 saturated carbocycles. The Morgan fingerprint density at radius 1 is 0.955 bits per heavy atom. The lowest BCUT2D eigenvalue weighted by molar-refractivity contribution is 0.617. The van der Waals surface area contributed by atoms with Crippen molar-refractivity contribution in [2.45, 2.75) is 51.5 Å². The Bertz CT molecular complexity index is 586. The Morgan fingerprint density at radius 2 is 1.68 bits per heavy atom. The number of anilines is 3. The molecule has 0 unspecified atom stereocenters. The molecule has 1 aliphatic carbocycles. The molecule has 0 bridgehead atoms. The third kappa shape index (κ3) is 4.20. The molecule has 0 spiro atoms. The lowest BCUT2D eigenvalue weighted by atomic mass is 10.1. The Labute approximate surface area is 132 Å². The van der Waals surface area contributed by atoms with Crippen molar-refractivity contribution >= 4 is 17.5 Å². The van der Waals surface area contributed by atoms with E-state index in [1.54, 1.807) is 0 Å². The largest absolute Gasteiger partial charge is 0.367 e. The van der Waals surface area contributed by atoms with E-state index in [9.17, 15) is 0 Å². The summed E-state index contributed by atoms with van der Waals surface area (Å²) in [4.78, 5) is 8.89. The fraction of sp³-hybridized carbons (Fsp3) is 0.444. The molecule has 116 valence electrons. The van der Waals surface area contributed by atoms with Crippen LogP contribution in [0.2, 0.25) is 0 Å². The van der Waals surface area contributed by atoms with Crippen molar-refractivity contribution in [2.75, 3.05) is 10.6 Å². The molecule has 1 fully saturated rings. The normalized spacial score (nSPS) is 16.0. The first-order valence-electron chi connectivity index (χ1n) is 8.23. The van der Waals surface area contributed by atoms with Crippen LogP contribution in [0.25, 0.3) is 0 Å². The average Bonchev–Trinajstić information content (AvgIpc) is 2.79. The molecule has 22 heavy (non-hydrogen) atoms. The molecule has 1 heterocycles. The predicted octanol–water partition coefficient (Wildman–Crippen LogP) is 4.66. The maximum absolute atomic E-state index is 4.58. The summed E-state index contributed by atoms with van der Waals surface area (Å²) in [7, 11) is 0. The number of nitrogens with one attached hydrogen (secondary N) is 2. The lowest BCUT2D eigenvalue weighted by Gasteiger charge is -2.17. The summed E-state index contributed by atoms with van der Waals surface area (Å²) < 4.78 is 0. The standard InChI is InChI=1S/C18H24N4/c1-14-8-10-16(11-9-14)21-18-19-13-12-17(22-18)20-15-6-4-2-3-5-7-15/h8-13,15H,2-7H2,1H3,(H2,19,20,21,22). The molecule has 0 aliphatic heterocycles. The van der Waals surface area contributed by atoms with Gasteiger partial charge in [0.05, 0.1) is 0 Å². The zero-order valence-electron chi connectivity index (χ0n) is 13.2. The van der Waals surface area contributed by atoms with E-state index in [0.29, 0.717) is 12.0 Å². The van der Waals surface area contributed by atoms with E-state index < -0.39 is 0 Å². The van der Waals surface area contributed by atoms with E-state index in [-0.39, 0.29) is 0 Å². The van der Waals surface area contributed by atoms with E-state index in [0.717, 1.165) is 11.5 Å². The highest BCUT2D eigenvalue weighted by Crippen LogP contribution is 2.21. The second kappa shape index (κ2) is 7.25. The number of aromatic nitrogens is 2. The number of hydrogen-bond donors (Lipinski definition) is 2. The van der Waals surface area contributed by atoms with Crippen molar-refractivity contribution in [3.63, 3.8) is 0 Å². The minimum Gasteiger partial charge on any atom is -0.367 e. The highest BCUT2D eigenvalue weighted by Gasteiger charge is 2.12. The second-order valence-electron chi connectivity index (χ2n) is 6.09. The van der Waals surface area contributed by atoms with Gasteiger partial charge >= 0.3 is 0 Å². The molecule has 3 rings (SSSR count). The third-order valence-corrected chi connectivity index (χ3v) is 4.17. The van der Waals surface area contributed by atoms with Gasteiger partial charge in [0, 0.05) is 17.9 Å². The highest BCUT2D eigenvalue weighted by atomic mass is 15.1. The summed E-state index contributed by atoms with van der Waals surface area (Å²) in [5, 5.41) is 6.82. The number of nitrogens with zero attached hydrogens (tertiary/aromatic N) is 2. The van der Waals surface area contributed by atoms with Gasteiger partial charge in [-0.05, 0) is 38.0 Å². The topological polar surface area (TPSA) is 49.8 Å². The van der Waals surface area contributed by atoms with Crippen LogP contribution in [0, 0.1) is 6.92 Å². The van der Waals surface area contributed by atoms with Crippen molar-refractivity contribution in [1.29, 1.82) is 0 Å². The monoisotopic (exact) mass is 296 g/mol. The van der Waals surface area contributed by atoms with Crippen LogP contribution in [0.3, 0.4) is 0 Å². The molecule has 1 aromatic heterocycles. The smallest absolute Gasteiger partial charge is 0.229 e. The van der Waals surface area contributed by atoms with Crippen LogP contribution >= 0.6 is 0 Å². The molecule has 0 amide bonds. The van der Waals surface area contributed by atoms with Crippen molar-refractivity contribution in [3.05, 3.63) is 42.1 Å². The Balaban J connectivity index is 1.65. The SMILES string of the molecule is Cc1ccc(Nc2nccc(NC3CCCCCC3)n2)cc1. The van der Waals surface area contributed by atoms with Gasteiger partial charge in [0.2, 0.25) is 5.95 Å². The summed E-state index contributed by atoms with van der Waals surface area (Å²) in [6, 6.07) is 10.7. The fourth-order valence-corrected chi connectivity index (χ4v) is 2.90. The van der Waals surface area contributed by atoms with E-state index in [1.165, 1.54) is 44.1 Å². The zero-order chi connectivity index (χ0) is 15.2. The average molecular weight is 296 g/mol. The van der Waals surface area contributed by atoms with Gasteiger partial charge in [-0.25, -0.2) is 4.98 Å². The maximum Gasteiger partial charge on any atom is 0.229 e. The van der Waals surface area contributed by atoms with Crippen molar-refractivity contribution in [2.24, 2.45) is 0 Å². The number of rotatable bonds is 4. The quantitative estimate of drug-likeness (QED) is 0.805. The molecule has 4 nitrogen and oxygen atoms in total. The molecule has 0 atom stereocenters. The Morgan fingerprint density at radius 3 is 2.41 bits per heavy atom. The Kier molecular flexibility index (Phi) is 4.88. The van der Waals surface area contributed by atoms with Gasteiger partial charge in [0.25, 0.3) is 0 Å². The molecule has 2 aromatic rings. The van der Waals surface area contributed by atoms with Crippen LogP contribution in [-0.2, 0) is 0 Å². The number of aryl methyl sites for hydroxylation is 1. The molecule has 1 aromatic carbocycles. The van der Waals surface area contributed by atoms with Gasteiger partial charge in [-0.1, -0.05) is 43.4 Å². The van der Waals surface area contributed by atoms with Gasteiger partial charge in [-0.15, -0.1) is 0 Å². The number of hydrogen-bond acceptors (Lipinski definition) is 4. The first-order chi connectivity index (χ1) is 10.8. The van der Waals surface area contributed by atoms with E-state index >= 15 is 0 Å². The second-order valence-corrected chi connectivity index (χ2v) is 6.09. The third-order valence-electron chi connectivity index (χ3n) is 4.17. The van der Waals surface area contributed by atoms with Crippen LogP contribution in [0.5, 0.6) is 0 Å². The Hall–Kier alpha value is -2.10. The van der Waals surface area contributed by atoms with Crippen molar-refractivity contribution in [1.82, 2.24) is 9.97 Å².